The second-order valence-electron chi connectivity index (χ2n) is 5.28. The summed E-state index contributed by atoms with van der Waals surface area (Å²) in [5, 5.41) is 8.87. The Kier molecular flexibility index (Phi) is 4.40. The van der Waals surface area contributed by atoms with Crippen molar-refractivity contribution in [1.29, 1.82) is 0 Å². The highest BCUT2D eigenvalue weighted by atomic mass is 32.1. The fourth-order valence-corrected chi connectivity index (χ4v) is 3.73. The molecule has 1 unspecified atom stereocenters. The van der Waals surface area contributed by atoms with Gasteiger partial charge in [0.2, 0.25) is 0 Å². The molecule has 2 heterocycles. The molecule has 1 aliphatic rings. The number of rotatable bonds is 4. The van der Waals surface area contributed by atoms with E-state index in [1.54, 1.807) is 0 Å². The van der Waals surface area contributed by atoms with E-state index in [4.69, 9.17) is 5.11 Å². The summed E-state index contributed by atoms with van der Waals surface area (Å²) in [5.41, 5.74) is 1.41. The molecule has 2 rings (SSSR count). The maximum atomic E-state index is 10.8. The van der Waals surface area contributed by atoms with Crippen LogP contribution in [-0.4, -0.2) is 29.1 Å². The van der Waals surface area contributed by atoms with Crippen LogP contribution < -0.4 is 0 Å². The topological polar surface area (TPSA) is 40.5 Å². The van der Waals surface area contributed by atoms with Gasteiger partial charge < -0.3 is 5.11 Å². The summed E-state index contributed by atoms with van der Waals surface area (Å²) in [7, 11) is 0. The highest BCUT2D eigenvalue weighted by Crippen LogP contribution is 2.25. The van der Waals surface area contributed by atoms with Crippen LogP contribution in [0.25, 0.3) is 0 Å². The summed E-state index contributed by atoms with van der Waals surface area (Å²) < 4.78 is 0. The molecule has 4 heteroatoms. The zero-order valence-corrected chi connectivity index (χ0v) is 11.9. The van der Waals surface area contributed by atoms with Crippen LogP contribution in [0.1, 0.15) is 34.6 Å². The van der Waals surface area contributed by atoms with Gasteiger partial charge in [-0.1, -0.05) is 0 Å². The van der Waals surface area contributed by atoms with Gasteiger partial charge in [-0.05, 0) is 50.8 Å². The Balaban J connectivity index is 1.93. The lowest BCUT2D eigenvalue weighted by molar-refractivity contribution is -0.138. The predicted molar refractivity (Wildman–Crippen MR) is 74.0 cm³/mol. The highest BCUT2D eigenvalue weighted by Gasteiger charge is 2.22. The smallest absolute Gasteiger partial charge is 0.303 e. The number of hydrogen-bond acceptors (Lipinski definition) is 3. The van der Waals surface area contributed by atoms with E-state index in [1.165, 1.54) is 15.3 Å². The Morgan fingerprint density at radius 2 is 2.33 bits per heavy atom. The Morgan fingerprint density at radius 1 is 1.56 bits per heavy atom. The Bertz CT molecular complexity index is 427. The molecule has 1 saturated heterocycles. The van der Waals surface area contributed by atoms with Gasteiger partial charge in [-0.25, -0.2) is 0 Å². The molecular formula is C14H21NO2S. The van der Waals surface area contributed by atoms with E-state index < -0.39 is 5.97 Å². The standard InChI is InChI=1S/C14H21NO2S/c1-10-6-13(11(2)18-10)9-15-5-3-4-12(8-15)7-14(16)17/h6,12H,3-5,7-9H2,1-2H3,(H,16,17). The van der Waals surface area contributed by atoms with Crippen LogP contribution >= 0.6 is 11.3 Å². The van der Waals surface area contributed by atoms with Crippen LogP contribution in [0.5, 0.6) is 0 Å². The number of aliphatic carboxylic acids is 1. The minimum absolute atomic E-state index is 0.318. The molecule has 0 radical (unpaired) electrons. The first-order valence-electron chi connectivity index (χ1n) is 6.54. The predicted octanol–water partition coefficient (Wildman–Crippen LogP) is 3.05. The number of carboxylic acid groups (broad SMARTS) is 1. The van der Waals surface area contributed by atoms with Crippen LogP contribution in [0, 0.1) is 19.8 Å². The summed E-state index contributed by atoms with van der Waals surface area (Å²) >= 11 is 1.85. The SMILES string of the molecule is Cc1cc(CN2CCCC(CC(=O)O)C2)c(C)s1. The van der Waals surface area contributed by atoms with Crippen molar-refractivity contribution in [2.24, 2.45) is 5.92 Å². The monoisotopic (exact) mass is 267 g/mol. The van der Waals surface area contributed by atoms with E-state index >= 15 is 0 Å². The van der Waals surface area contributed by atoms with Crippen molar-refractivity contribution in [3.05, 3.63) is 21.4 Å². The molecular weight excluding hydrogens is 246 g/mol. The Morgan fingerprint density at radius 3 is 2.94 bits per heavy atom. The van der Waals surface area contributed by atoms with Crippen LogP contribution in [-0.2, 0) is 11.3 Å². The minimum atomic E-state index is -0.663. The highest BCUT2D eigenvalue weighted by molar-refractivity contribution is 7.12. The first-order valence-corrected chi connectivity index (χ1v) is 7.36. The molecule has 0 spiro atoms. The van der Waals surface area contributed by atoms with Gasteiger partial charge in [0.25, 0.3) is 0 Å². The number of carboxylic acids is 1. The molecule has 18 heavy (non-hydrogen) atoms. The summed E-state index contributed by atoms with van der Waals surface area (Å²) in [6.45, 7) is 7.33. The Hall–Kier alpha value is -0.870. The van der Waals surface area contributed by atoms with Crippen molar-refractivity contribution in [3.63, 3.8) is 0 Å². The number of aryl methyl sites for hydroxylation is 2. The quantitative estimate of drug-likeness (QED) is 0.911. The van der Waals surface area contributed by atoms with Crippen LogP contribution in [0.3, 0.4) is 0 Å². The second-order valence-corrected chi connectivity index (χ2v) is 6.74. The summed E-state index contributed by atoms with van der Waals surface area (Å²) in [6, 6.07) is 2.26. The summed E-state index contributed by atoms with van der Waals surface area (Å²) in [4.78, 5) is 15.9. The van der Waals surface area contributed by atoms with Gasteiger partial charge in [0.15, 0.2) is 0 Å². The van der Waals surface area contributed by atoms with Crippen molar-refractivity contribution in [3.8, 4) is 0 Å². The van der Waals surface area contributed by atoms with Gasteiger partial charge >= 0.3 is 5.97 Å². The normalized spacial score (nSPS) is 21.1. The van der Waals surface area contributed by atoms with E-state index in [2.05, 4.69) is 24.8 Å². The molecule has 1 aliphatic heterocycles. The molecule has 3 nitrogen and oxygen atoms in total. The van der Waals surface area contributed by atoms with Crippen molar-refractivity contribution in [2.45, 2.75) is 39.7 Å². The average Bonchev–Trinajstić information content (AvgIpc) is 2.57. The maximum absolute atomic E-state index is 10.8. The lowest BCUT2D eigenvalue weighted by Gasteiger charge is -2.32. The van der Waals surface area contributed by atoms with E-state index in [0.29, 0.717) is 12.3 Å². The van der Waals surface area contributed by atoms with Gasteiger partial charge in [-0.3, -0.25) is 9.69 Å². The first-order chi connectivity index (χ1) is 8.54. The molecule has 1 aromatic heterocycles. The molecule has 1 N–H and O–H groups in total. The number of piperidine rings is 1. The maximum Gasteiger partial charge on any atom is 0.303 e. The third-order valence-corrected chi connectivity index (χ3v) is 4.61. The lowest BCUT2D eigenvalue weighted by Crippen LogP contribution is -2.35. The van der Waals surface area contributed by atoms with Gasteiger partial charge in [0.1, 0.15) is 0 Å². The van der Waals surface area contributed by atoms with Gasteiger partial charge in [-0.2, -0.15) is 0 Å². The summed E-state index contributed by atoms with van der Waals surface area (Å²) in [6.07, 6.45) is 2.50. The molecule has 100 valence electrons. The average molecular weight is 267 g/mol. The van der Waals surface area contributed by atoms with Crippen molar-refractivity contribution in [2.75, 3.05) is 13.1 Å². The second kappa shape index (κ2) is 5.85. The van der Waals surface area contributed by atoms with Crippen molar-refractivity contribution < 1.29 is 9.90 Å². The molecule has 0 aliphatic carbocycles. The first kappa shape index (κ1) is 13.6. The third kappa shape index (κ3) is 3.56. The van der Waals surface area contributed by atoms with Gasteiger partial charge in [0.05, 0.1) is 0 Å². The fraction of sp³-hybridized carbons (Fsp3) is 0.643. The number of likely N-dealkylation sites (tertiary alicyclic amines) is 1. The molecule has 0 saturated carbocycles. The largest absolute Gasteiger partial charge is 0.481 e. The van der Waals surface area contributed by atoms with E-state index in [9.17, 15) is 4.79 Å². The summed E-state index contributed by atoms with van der Waals surface area (Å²) in [5.74, 6) is -0.333. The van der Waals surface area contributed by atoms with Crippen molar-refractivity contribution in [1.82, 2.24) is 4.90 Å². The van der Waals surface area contributed by atoms with Gasteiger partial charge in [-0.15, -0.1) is 11.3 Å². The number of nitrogens with zero attached hydrogens (tertiary/aromatic N) is 1. The minimum Gasteiger partial charge on any atom is -0.481 e. The molecule has 0 amide bonds. The number of carbonyl (C=O) groups is 1. The zero-order valence-electron chi connectivity index (χ0n) is 11.1. The molecule has 0 aromatic carbocycles. The fourth-order valence-electron chi connectivity index (χ4n) is 2.79. The van der Waals surface area contributed by atoms with E-state index in [0.717, 1.165) is 32.5 Å². The van der Waals surface area contributed by atoms with E-state index in [1.807, 2.05) is 11.3 Å². The molecule has 1 atom stereocenters. The molecule has 1 fully saturated rings. The van der Waals surface area contributed by atoms with Crippen LogP contribution in [0.4, 0.5) is 0 Å². The third-order valence-electron chi connectivity index (χ3n) is 3.60. The Labute approximate surface area is 112 Å². The van der Waals surface area contributed by atoms with Crippen LogP contribution in [0.15, 0.2) is 6.07 Å². The molecule has 1 aromatic rings. The zero-order chi connectivity index (χ0) is 13.1. The molecule has 0 bridgehead atoms. The van der Waals surface area contributed by atoms with Gasteiger partial charge in [0, 0.05) is 29.3 Å². The van der Waals surface area contributed by atoms with E-state index in [-0.39, 0.29) is 0 Å². The number of hydrogen-bond donors (Lipinski definition) is 1. The van der Waals surface area contributed by atoms with Crippen LogP contribution in [0.2, 0.25) is 0 Å². The van der Waals surface area contributed by atoms with Crippen molar-refractivity contribution >= 4 is 17.3 Å². The number of thiophene rings is 1. The lowest BCUT2D eigenvalue weighted by atomic mass is 9.94.